The highest BCUT2D eigenvalue weighted by Gasteiger charge is 2.50. The van der Waals surface area contributed by atoms with E-state index in [1.807, 2.05) is 0 Å². The third-order valence-corrected chi connectivity index (χ3v) is 8.76. The number of hydrogen-bond acceptors (Lipinski definition) is 12. The van der Waals surface area contributed by atoms with Crippen LogP contribution in [0.4, 0.5) is 0 Å². The Hall–Kier alpha value is -0.970. The predicted octanol–water partition coefficient (Wildman–Crippen LogP) is -0.594. The number of carboxylic acid groups (broad SMARTS) is 1. The van der Waals surface area contributed by atoms with Gasteiger partial charge in [0.15, 0.2) is 18.7 Å². The van der Waals surface area contributed by atoms with Gasteiger partial charge in [-0.25, -0.2) is 4.79 Å². The SMILES string of the molecule is CC1O[C@@H](O[C@@H]2CCCC[C@H]2O[C@@H]2O[C@@H](CO)[C@H](O)C(O[C@@H](CC3CCCCC3)C(=O)O)C2O)C(O)[C@@H](O)[C@@H]1O. The standard InChI is InChI=1S/C27H46O13/c1-13-19(29)21(31)22(32)26(36-13)38-15-9-5-6-10-16(15)39-27-23(33)24(20(30)18(12-28)40-27)37-17(25(34)35)11-14-7-3-2-4-8-14/h13-24,26-33H,2-12H2,1H3,(H,34,35)/t13?,15-,16-,17+,18+,19-,20+,21+,22?,23?,24?,26+,27-/m1/s1. The van der Waals surface area contributed by atoms with E-state index < -0.39 is 92.3 Å². The van der Waals surface area contributed by atoms with E-state index in [0.29, 0.717) is 12.8 Å². The first-order valence-corrected chi connectivity index (χ1v) is 14.6. The van der Waals surface area contributed by atoms with E-state index >= 15 is 0 Å². The van der Waals surface area contributed by atoms with Crippen molar-refractivity contribution >= 4 is 5.97 Å². The Balaban J connectivity index is 1.43. The van der Waals surface area contributed by atoms with Crippen molar-refractivity contribution < 1.29 is 64.2 Å². The fraction of sp³-hybridized carbons (Fsp3) is 0.963. The minimum atomic E-state index is -1.57. The highest BCUT2D eigenvalue weighted by molar-refractivity contribution is 5.72. The van der Waals surface area contributed by atoms with Crippen molar-refractivity contribution in [3.8, 4) is 0 Å². The number of aliphatic hydroxyl groups excluding tert-OH is 6. The Labute approximate surface area is 233 Å². The number of hydrogen-bond donors (Lipinski definition) is 7. The lowest BCUT2D eigenvalue weighted by Crippen LogP contribution is -2.62. The fourth-order valence-electron chi connectivity index (χ4n) is 6.30. The number of aliphatic carboxylic acids is 1. The molecule has 4 aliphatic rings. The molecule has 0 radical (unpaired) electrons. The van der Waals surface area contributed by atoms with Gasteiger partial charge in [0, 0.05) is 0 Å². The molecule has 2 aliphatic carbocycles. The first-order chi connectivity index (χ1) is 19.1. The highest BCUT2D eigenvalue weighted by Crippen LogP contribution is 2.34. The molecule has 0 amide bonds. The van der Waals surface area contributed by atoms with Crippen LogP contribution in [0.3, 0.4) is 0 Å². The fourth-order valence-corrected chi connectivity index (χ4v) is 6.30. The number of rotatable bonds is 10. The van der Waals surface area contributed by atoms with Gasteiger partial charge < -0.3 is 59.4 Å². The number of carbonyl (C=O) groups is 1. The third kappa shape index (κ3) is 7.51. The van der Waals surface area contributed by atoms with E-state index in [0.717, 1.165) is 44.9 Å². The van der Waals surface area contributed by atoms with E-state index in [4.69, 9.17) is 23.7 Å². The zero-order valence-corrected chi connectivity index (χ0v) is 22.9. The Kier molecular flexibility index (Phi) is 11.6. The van der Waals surface area contributed by atoms with Gasteiger partial charge in [-0.3, -0.25) is 0 Å². The summed E-state index contributed by atoms with van der Waals surface area (Å²) in [4.78, 5) is 12.1. The van der Waals surface area contributed by atoms with Crippen LogP contribution in [-0.4, -0.2) is 128 Å². The van der Waals surface area contributed by atoms with Gasteiger partial charge in [0.2, 0.25) is 0 Å². The molecule has 4 fully saturated rings. The van der Waals surface area contributed by atoms with Crippen LogP contribution in [0, 0.1) is 5.92 Å². The van der Waals surface area contributed by atoms with Crippen molar-refractivity contribution in [3.05, 3.63) is 0 Å². The second-order valence-corrected chi connectivity index (χ2v) is 11.7. The Morgan fingerprint density at radius 1 is 0.775 bits per heavy atom. The van der Waals surface area contributed by atoms with Crippen LogP contribution in [0.25, 0.3) is 0 Å². The maximum Gasteiger partial charge on any atom is 0.332 e. The summed E-state index contributed by atoms with van der Waals surface area (Å²) < 4.78 is 29.2. The van der Waals surface area contributed by atoms with Gasteiger partial charge in [-0.2, -0.15) is 0 Å². The molecule has 2 saturated heterocycles. The van der Waals surface area contributed by atoms with Crippen molar-refractivity contribution in [2.24, 2.45) is 5.92 Å². The normalized spacial score (nSPS) is 44.3. The monoisotopic (exact) mass is 578 g/mol. The van der Waals surface area contributed by atoms with Gasteiger partial charge >= 0.3 is 5.97 Å². The molecule has 0 spiro atoms. The van der Waals surface area contributed by atoms with Gasteiger partial charge in [-0.05, 0) is 32.1 Å². The summed E-state index contributed by atoms with van der Waals surface area (Å²) in [5.41, 5.74) is 0. The van der Waals surface area contributed by atoms with Crippen LogP contribution >= 0.6 is 0 Å². The molecule has 13 atom stereocenters. The second kappa shape index (κ2) is 14.5. The second-order valence-electron chi connectivity index (χ2n) is 11.7. The van der Waals surface area contributed by atoms with Crippen molar-refractivity contribution in [1.29, 1.82) is 0 Å². The number of aliphatic hydroxyl groups is 6. The van der Waals surface area contributed by atoms with Crippen LogP contribution in [0.15, 0.2) is 0 Å². The summed E-state index contributed by atoms with van der Waals surface area (Å²) in [6, 6.07) is 0. The van der Waals surface area contributed by atoms with E-state index in [-0.39, 0.29) is 12.3 Å². The zero-order chi connectivity index (χ0) is 29.0. The largest absolute Gasteiger partial charge is 0.479 e. The van der Waals surface area contributed by atoms with Gasteiger partial charge in [0.25, 0.3) is 0 Å². The molecular formula is C27H46O13. The molecule has 7 N–H and O–H groups in total. The van der Waals surface area contributed by atoms with E-state index in [2.05, 4.69) is 0 Å². The Bertz CT molecular complexity index is 794. The molecule has 0 aromatic carbocycles. The van der Waals surface area contributed by atoms with Gasteiger partial charge in [0.1, 0.15) is 42.7 Å². The van der Waals surface area contributed by atoms with Crippen LogP contribution in [0.1, 0.15) is 71.1 Å². The minimum Gasteiger partial charge on any atom is -0.479 e. The van der Waals surface area contributed by atoms with Gasteiger partial charge in [0.05, 0.1) is 24.9 Å². The number of carboxylic acids is 1. The molecule has 2 heterocycles. The zero-order valence-electron chi connectivity index (χ0n) is 22.9. The average molecular weight is 579 g/mol. The van der Waals surface area contributed by atoms with Crippen molar-refractivity contribution in [3.63, 3.8) is 0 Å². The molecule has 2 aliphatic heterocycles. The van der Waals surface area contributed by atoms with Crippen LogP contribution in [0.5, 0.6) is 0 Å². The first-order valence-electron chi connectivity index (χ1n) is 14.6. The molecule has 232 valence electrons. The highest BCUT2D eigenvalue weighted by atomic mass is 16.7. The average Bonchev–Trinajstić information content (AvgIpc) is 2.95. The van der Waals surface area contributed by atoms with Crippen molar-refractivity contribution in [2.75, 3.05) is 6.61 Å². The Morgan fingerprint density at radius 3 is 1.93 bits per heavy atom. The maximum atomic E-state index is 12.1. The lowest BCUT2D eigenvalue weighted by molar-refractivity contribution is -0.345. The lowest BCUT2D eigenvalue weighted by Gasteiger charge is -2.46. The molecule has 4 rings (SSSR count). The van der Waals surface area contributed by atoms with Crippen LogP contribution < -0.4 is 0 Å². The first kappa shape index (κ1) is 32.0. The van der Waals surface area contributed by atoms with E-state index in [9.17, 15) is 40.5 Å². The summed E-state index contributed by atoms with van der Waals surface area (Å²) >= 11 is 0. The molecule has 0 aromatic rings. The summed E-state index contributed by atoms with van der Waals surface area (Å²) in [6.07, 6.45) is -8.00. The quantitative estimate of drug-likeness (QED) is 0.173. The maximum absolute atomic E-state index is 12.1. The van der Waals surface area contributed by atoms with E-state index in [1.165, 1.54) is 0 Å². The summed E-state index contributed by atoms with van der Waals surface area (Å²) in [5, 5.41) is 72.2. The summed E-state index contributed by atoms with van der Waals surface area (Å²) in [6.45, 7) is 0.940. The molecule has 13 heteroatoms. The molecule has 0 aromatic heterocycles. The smallest absolute Gasteiger partial charge is 0.332 e. The lowest BCUT2D eigenvalue weighted by atomic mass is 9.85. The molecule has 40 heavy (non-hydrogen) atoms. The van der Waals surface area contributed by atoms with Gasteiger partial charge in [-0.1, -0.05) is 44.9 Å². The van der Waals surface area contributed by atoms with Crippen molar-refractivity contribution in [1.82, 2.24) is 0 Å². The summed E-state index contributed by atoms with van der Waals surface area (Å²) in [7, 11) is 0. The van der Waals surface area contributed by atoms with Crippen molar-refractivity contribution in [2.45, 2.75) is 151 Å². The molecule has 2 saturated carbocycles. The molecule has 0 bridgehead atoms. The number of ether oxygens (including phenoxy) is 5. The Morgan fingerprint density at radius 2 is 1.35 bits per heavy atom. The molecule has 4 unspecified atom stereocenters. The predicted molar refractivity (Wildman–Crippen MR) is 136 cm³/mol. The molecular weight excluding hydrogens is 532 g/mol. The summed E-state index contributed by atoms with van der Waals surface area (Å²) in [5.74, 6) is -1.02. The van der Waals surface area contributed by atoms with Crippen LogP contribution in [-0.2, 0) is 28.5 Å². The third-order valence-electron chi connectivity index (χ3n) is 8.76. The van der Waals surface area contributed by atoms with E-state index in [1.54, 1.807) is 6.92 Å². The molecule has 13 nitrogen and oxygen atoms in total. The van der Waals surface area contributed by atoms with Gasteiger partial charge in [-0.15, -0.1) is 0 Å². The minimum absolute atomic E-state index is 0.171. The topological polar surface area (TPSA) is 205 Å². The van der Waals surface area contributed by atoms with Crippen LogP contribution in [0.2, 0.25) is 0 Å².